The first-order valence-corrected chi connectivity index (χ1v) is 7.34. The number of hydrogen-bond acceptors (Lipinski definition) is 6. The number of nitrogens with two attached hydrogens (primary N) is 1. The molecule has 2 saturated carbocycles. The van der Waals surface area contributed by atoms with Crippen molar-refractivity contribution in [1.29, 1.82) is 0 Å². The molecule has 0 saturated heterocycles. The van der Waals surface area contributed by atoms with Crippen molar-refractivity contribution < 1.29 is 0 Å². The predicted molar refractivity (Wildman–Crippen MR) is 70.8 cm³/mol. The molecule has 0 aliphatic heterocycles. The van der Waals surface area contributed by atoms with Crippen molar-refractivity contribution in [2.45, 2.75) is 48.0 Å². The van der Waals surface area contributed by atoms with Gasteiger partial charge >= 0.3 is 0 Å². The van der Waals surface area contributed by atoms with E-state index in [-0.39, 0.29) is 0 Å². The lowest BCUT2D eigenvalue weighted by atomic mass is 10.4. The van der Waals surface area contributed by atoms with Crippen molar-refractivity contribution in [1.82, 2.24) is 24.7 Å². The monoisotopic (exact) mass is 274 g/mol. The Labute approximate surface area is 114 Å². The molecule has 2 aliphatic carbocycles. The highest BCUT2D eigenvalue weighted by Crippen LogP contribution is 2.46. The smallest absolute Gasteiger partial charge is 0.199 e. The third-order valence-electron chi connectivity index (χ3n) is 3.38. The summed E-state index contributed by atoms with van der Waals surface area (Å²) in [5.74, 6) is 2.25. The molecule has 0 radical (unpaired) electrons. The molecule has 0 unspecified atom stereocenters. The van der Waals surface area contributed by atoms with Crippen LogP contribution in [0.5, 0.6) is 0 Å². The Balaban J connectivity index is 1.67. The minimum absolute atomic E-state index is 0.484. The molecule has 2 N–H and O–H groups in total. The molecule has 2 heterocycles. The van der Waals surface area contributed by atoms with E-state index in [9.17, 15) is 0 Å². The molecule has 6 nitrogen and oxygen atoms in total. The quantitative estimate of drug-likeness (QED) is 0.859. The first kappa shape index (κ1) is 11.2. The lowest BCUT2D eigenvalue weighted by molar-refractivity contribution is 0.626. The zero-order valence-electron chi connectivity index (χ0n) is 10.4. The van der Waals surface area contributed by atoms with Gasteiger partial charge in [0.1, 0.15) is 11.6 Å². The summed E-state index contributed by atoms with van der Waals surface area (Å²) < 4.78 is 2.29. The summed E-state index contributed by atoms with van der Waals surface area (Å²) in [6.07, 6.45) is 6.60. The van der Waals surface area contributed by atoms with Crippen LogP contribution < -0.4 is 5.73 Å². The number of hydrogen-bond donors (Lipinski definition) is 1. The fourth-order valence-electron chi connectivity index (χ4n) is 2.14. The third-order valence-corrected chi connectivity index (χ3v) is 4.22. The lowest BCUT2D eigenvalue weighted by Crippen LogP contribution is -2.02. The van der Waals surface area contributed by atoms with Gasteiger partial charge in [-0.15, -0.1) is 10.2 Å². The molecule has 0 atom stereocenters. The second kappa shape index (κ2) is 4.19. The Morgan fingerprint density at radius 2 is 2.05 bits per heavy atom. The van der Waals surface area contributed by atoms with Crippen molar-refractivity contribution in [2.75, 3.05) is 5.73 Å². The van der Waals surface area contributed by atoms with Crippen molar-refractivity contribution in [3.63, 3.8) is 0 Å². The Morgan fingerprint density at radius 3 is 2.74 bits per heavy atom. The van der Waals surface area contributed by atoms with Gasteiger partial charge in [-0.05, 0) is 43.5 Å². The molecule has 0 spiro atoms. The second-order valence-corrected chi connectivity index (χ2v) is 6.02. The van der Waals surface area contributed by atoms with Crippen LogP contribution in [-0.2, 0) is 0 Å². The lowest BCUT2D eigenvalue weighted by Gasteiger charge is -2.07. The highest BCUT2D eigenvalue weighted by atomic mass is 32.2. The van der Waals surface area contributed by atoms with Crippen LogP contribution in [0.1, 0.15) is 43.5 Å². The molecule has 19 heavy (non-hydrogen) atoms. The number of aromatic nitrogens is 5. The first-order valence-electron chi connectivity index (χ1n) is 6.52. The summed E-state index contributed by atoms with van der Waals surface area (Å²) >= 11 is 1.45. The maximum atomic E-state index is 5.68. The van der Waals surface area contributed by atoms with Crippen molar-refractivity contribution in [3.8, 4) is 0 Å². The molecular weight excluding hydrogens is 260 g/mol. The first-order chi connectivity index (χ1) is 9.31. The minimum Gasteiger partial charge on any atom is -0.384 e. The molecule has 2 aromatic heterocycles. The molecule has 7 heteroatoms. The van der Waals surface area contributed by atoms with E-state index >= 15 is 0 Å². The molecule has 0 aromatic carbocycles. The molecule has 0 amide bonds. The van der Waals surface area contributed by atoms with E-state index in [4.69, 9.17) is 5.73 Å². The van der Waals surface area contributed by atoms with E-state index in [1.54, 1.807) is 12.3 Å². The molecular formula is C12H14N6S. The van der Waals surface area contributed by atoms with Crippen LogP contribution in [0.4, 0.5) is 5.82 Å². The van der Waals surface area contributed by atoms with Crippen LogP contribution in [-0.4, -0.2) is 24.7 Å². The van der Waals surface area contributed by atoms with E-state index in [2.05, 4.69) is 24.7 Å². The number of anilines is 1. The van der Waals surface area contributed by atoms with Crippen LogP contribution in [0.15, 0.2) is 22.6 Å². The number of nitrogen functional groups attached to an aromatic ring is 1. The van der Waals surface area contributed by atoms with Gasteiger partial charge in [0.05, 0.1) is 0 Å². The fourth-order valence-corrected chi connectivity index (χ4v) is 2.99. The van der Waals surface area contributed by atoms with E-state index in [0.717, 1.165) is 11.0 Å². The molecule has 2 aromatic rings. The van der Waals surface area contributed by atoms with Gasteiger partial charge in [-0.2, -0.15) is 0 Å². The van der Waals surface area contributed by atoms with Crippen molar-refractivity contribution in [2.24, 2.45) is 0 Å². The molecule has 2 aliphatic rings. The normalized spacial score (nSPS) is 18.7. The van der Waals surface area contributed by atoms with Crippen LogP contribution in [0, 0.1) is 0 Å². The van der Waals surface area contributed by atoms with E-state index in [1.807, 2.05) is 0 Å². The van der Waals surface area contributed by atoms with E-state index in [0.29, 0.717) is 22.9 Å². The van der Waals surface area contributed by atoms with Gasteiger partial charge in [0.2, 0.25) is 0 Å². The van der Waals surface area contributed by atoms with Gasteiger partial charge < -0.3 is 10.3 Å². The third kappa shape index (κ3) is 2.18. The standard InChI is InChI=1S/C12H14N6S/c13-9-5-6-14-11(15-9)19-12-17-16-10(7-1-2-7)18(12)8-3-4-8/h5-8H,1-4H2,(H2,13,14,15). The van der Waals surface area contributed by atoms with Gasteiger partial charge in [0, 0.05) is 18.2 Å². The topological polar surface area (TPSA) is 82.5 Å². The average molecular weight is 274 g/mol. The molecule has 4 rings (SSSR count). The summed E-state index contributed by atoms with van der Waals surface area (Å²) in [4.78, 5) is 8.42. The maximum absolute atomic E-state index is 5.68. The van der Waals surface area contributed by atoms with Gasteiger partial charge in [-0.1, -0.05) is 0 Å². The summed E-state index contributed by atoms with van der Waals surface area (Å²) in [6.45, 7) is 0. The highest BCUT2D eigenvalue weighted by molar-refractivity contribution is 7.99. The van der Waals surface area contributed by atoms with E-state index < -0.39 is 0 Å². The Hall–Kier alpha value is -1.63. The van der Waals surface area contributed by atoms with Gasteiger partial charge in [0.15, 0.2) is 10.3 Å². The summed E-state index contributed by atoms with van der Waals surface area (Å²) in [6, 6.07) is 2.26. The number of rotatable bonds is 4. The zero-order chi connectivity index (χ0) is 12.8. The Bertz CT molecular complexity index is 616. The molecule has 0 bridgehead atoms. The summed E-state index contributed by atoms with van der Waals surface area (Å²) in [7, 11) is 0. The molecule has 2 fully saturated rings. The Kier molecular flexibility index (Phi) is 2.48. The Morgan fingerprint density at radius 1 is 1.21 bits per heavy atom. The minimum atomic E-state index is 0.484. The average Bonchev–Trinajstić information content (AvgIpc) is 3.30. The summed E-state index contributed by atoms with van der Waals surface area (Å²) in [5, 5.41) is 10.2. The van der Waals surface area contributed by atoms with Gasteiger partial charge in [-0.25, -0.2) is 9.97 Å². The molecule has 98 valence electrons. The summed E-state index contributed by atoms with van der Waals surface area (Å²) in [5.41, 5.74) is 5.68. The van der Waals surface area contributed by atoms with Crippen LogP contribution >= 0.6 is 11.8 Å². The fraction of sp³-hybridized carbons (Fsp3) is 0.500. The van der Waals surface area contributed by atoms with Crippen LogP contribution in [0.25, 0.3) is 0 Å². The zero-order valence-corrected chi connectivity index (χ0v) is 11.2. The van der Waals surface area contributed by atoms with Gasteiger partial charge in [0.25, 0.3) is 0 Å². The van der Waals surface area contributed by atoms with Crippen molar-refractivity contribution >= 4 is 17.6 Å². The predicted octanol–water partition coefficient (Wildman–Crippen LogP) is 2.01. The number of nitrogens with zero attached hydrogens (tertiary/aromatic N) is 5. The SMILES string of the molecule is Nc1ccnc(Sc2nnc(C3CC3)n2C2CC2)n1. The maximum Gasteiger partial charge on any atom is 0.199 e. The second-order valence-electron chi connectivity index (χ2n) is 5.08. The van der Waals surface area contributed by atoms with Crippen LogP contribution in [0.3, 0.4) is 0 Å². The highest BCUT2D eigenvalue weighted by Gasteiger charge is 2.36. The largest absolute Gasteiger partial charge is 0.384 e. The van der Waals surface area contributed by atoms with Crippen molar-refractivity contribution in [3.05, 3.63) is 18.1 Å². The van der Waals surface area contributed by atoms with Crippen LogP contribution in [0.2, 0.25) is 0 Å². The van der Waals surface area contributed by atoms with E-state index in [1.165, 1.54) is 37.4 Å². The van der Waals surface area contributed by atoms with Gasteiger partial charge in [-0.3, -0.25) is 0 Å².